The van der Waals surface area contributed by atoms with Crippen molar-refractivity contribution in [1.82, 2.24) is 15.2 Å². The Hall–Kier alpha value is -3.97. The van der Waals surface area contributed by atoms with Gasteiger partial charge < -0.3 is 19.6 Å². The summed E-state index contributed by atoms with van der Waals surface area (Å²) in [6.07, 6.45) is -4.49. The predicted octanol–water partition coefficient (Wildman–Crippen LogP) is 4.18. The Bertz CT molecular complexity index is 1430. The molecule has 0 aliphatic rings. The van der Waals surface area contributed by atoms with E-state index in [-0.39, 0.29) is 33.0 Å². The third kappa shape index (κ3) is 5.25. The number of rotatable bonds is 7. The zero-order valence-electron chi connectivity index (χ0n) is 17.9. The van der Waals surface area contributed by atoms with Crippen LogP contribution in [-0.4, -0.2) is 37.1 Å². The summed E-state index contributed by atoms with van der Waals surface area (Å²) in [7, 11) is -2.65. The van der Waals surface area contributed by atoms with E-state index in [1.54, 1.807) is 0 Å². The number of nitrogens with two attached hydrogens (primary N) is 1. The van der Waals surface area contributed by atoms with Gasteiger partial charge in [0.25, 0.3) is 5.89 Å². The van der Waals surface area contributed by atoms with Crippen LogP contribution >= 0.6 is 0 Å². The van der Waals surface area contributed by atoms with E-state index in [9.17, 15) is 21.6 Å². The first-order chi connectivity index (χ1) is 16.6. The molecule has 2 N–H and O–H groups in total. The second kappa shape index (κ2) is 9.35. The monoisotopic (exact) mass is 506 g/mol. The third-order valence-electron chi connectivity index (χ3n) is 4.78. The van der Waals surface area contributed by atoms with Gasteiger partial charge in [0, 0.05) is 13.3 Å². The molecule has 0 spiro atoms. The van der Waals surface area contributed by atoms with Gasteiger partial charge in [0.15, 0.2) is 11.8 Å². The molecule has 2 aromatic carbocycles. The molecule has 4 aromatic rings. The Balaban J connectivity index is 1.59. The van der Waals surface area contributed by atoms with Gasteiger partial charge in [-0.25, -0.2) is 13.4 Å². The zero-order valence-corrected chi connectivity index (χ0v) is 18.7. The topological polar surface area (TPSA) is 130 Å². The minimum absolute atomic E-state index is 0.0481. The van der Waals surface area contributed by atoms with E-state index in [1.165, 1.54) is 7.11 Å². The molecule has 9 nitrogen and oxygen atoms in total. The van der Waals surface area contributed by atoms with Gasteiger partial charge in [0.2, 0.25) is 15.7 Å². The fourth-order valence-electron chi connectivity index (χ4n) is 3.19. The Morgan fingerprint density at radius 1 is 1.00 bits per heavy atom. The SMILES string of the molecule is COC(c1ccccc1)c1nnc(-c2ncc(S(=O)(=O)c3ccc(OC(F)(F)F)cc3)cc2N)o1. The van der Waals surface area contributed by atoms with E-state index in [0.717, 1.165) is 42.1 Å². The first-order valence-corrected chi connectivity index (χ1v) is 11.3. The fraction of sp³-hybridized carbons (Fsp3) is 0.136. The molecule has 2 aromatic heterocycles. The number of nitrogens with zero attached hydrogens (tertiary/aromatic N) is 3. The average Bonchev–Trinajstić information content (AvgIpc) is 3.29. The maximum Gasteiger partial charge on any atom is 0.573 e. The second-order valence-corrected chi connectivity index (χ2v) is 9.05. The second-order valence-electron chi connectivity index (χ2n) is 7.10. The van der Waals surface area contributed by atoms with Crippen LogP contribution in [0.5, 0.6) is 5.75 Å². The van der Waals surface area contributed by atoms with Gasteiger partial charge in [-0.15, -0.1) is 23.4 Å². The van der Waals surface area contributed by atoms with Crippen molar-refractivity contribution in [3.63, 3.8) is 0 Å². The normalized spacial score (nSPS) is 12.9. The highest BCUT2D eigenvalue weighted by Crippen LogP contribution is 2.31. The summed E-state index contributed by atoms with van der Waals surface area (Å²) in [5.74, 6) is -0.456. The predicted molar refractivity (Wildman–Crippen MR) is 116 cm³/mol. The molecule has 0 aliphatic carbocycles. The number of sulfone groups is 1. The molecule has 0 radical (unpaired) electrons. The summed E-state index contributed by atoms with van der Waals surface area (Å²) in [6.45, 7) is 0. The first kappa shape index (κ1) is 24.2. The van der Waals surface area contributed by atoms with Crippen LogP contribution in [0, 0.1) is 0 Å². The minimum Gasteiger partial charge on any atom is -0.416 e. The van der Waals surface area contributed by atoms with Crippen LogP contribution in [0.2, 0.25) is 0 Å². The summed E-state index contributed by atoms with van der Waals surface area (Å²) in [6, 6.07) is 14.1. The maximum absolute atomic E-state index is 12.9. The number of ether oxygens (including phenoxy) is 2. The molecular weight excluding hydrogens is 489 g/mol. The highest BCUT2D eigenvalue weighted by Gasteiger charge is 2.31. The molecule has 0 fully saturated rings. The van der Waals surface area contributed by atoms with Crippen LogP contribution in [0.3, 0.4) is 0 Å². The van der Waals surface area contributed by atoms with Crippen LogP contribution in [-0.2, 0) is 14.6 Å². The largest absolute Gasteiger partial charge is 0.573 e. The third-order valence-corrected chi connectivity index (χ3v) is 6.51. The molecule has 182 valence electrons. The maximum atomic E-state index is 12.9. The number of pyridine rings is 1. The fourth-order valence-corrected chi connectivity index (χ4v) is 4.43. The molecule has 1 atom stereocenters. The van der Waals surface area contributed by atoms with Gasteiger partial charge in [-0.2, -0.15) is 0 Å². The standard InChI is InChI=1S/C22H17F3N4O5S/c1-32-19(13-5-3-2-4-6-13)21-29-28-20(33-21)18-17(26)11-16(12-27-18)35(30,31)15-9-7-14(8-10-15)34-22(23,24)25/h2-12,19H,26H2,1H3. The quantitative estimate of drug-likeness (QED) is 0.392. The molecule has 13 heteroatoms. The van der Waals surface area contributed by atoms with E-state index in [1.807, 2.05) is 30.3 Å². The molecule has 35 heavy (non-hydrogen) atoms. The molecule has 1 unspecified atom stereocenters. The summed E-state index contributed by atoms with van der Waals surface area (Å²) in [5, 5.41) is 7.92. The summed E-state index contributed by atoms with van der Waals surface area (Å²) < 4.78 is 77.7. The van der Waals surface area contributed by atoms with Crippen molar-refractivity contribution in [2.45, 2.75) is 22.3 Å². The van der Waals surface area contributed by atoms with Crippen LogP contribution in [0.1, 0.15) is 17.6 Å². The van der Waals surface area contributed by atoms with Gasteiger partial charge in [-0.05, 0) is 35.9 Å². The molecule has 2 heterocycles. The lowest BCUT2D eigenvalue weighted by molar-refractivity contribution is -0.274. The van der Waals surface area contributed by atoms with E-state index in [0.29, 0.717) is 0 Å². The van der Waals surface area contributed by atoms with Crippen molar-refractivity contribution in [3.05, 3.63) is 78.3 Å². The lowest BCUT2D eigenvalue weighted by Crippen LogP contribution is -2.17. The van der Waals surface area contributed by atoms with Crippen molar-refractivity contribution in [1.29, 1.82) is 0 Å². The van der Waals surface area contributed by atoms with E-state index in [2.05, 4.69) is 19.9 Å². The molecule has 0 saturated carbocycles. The van der Waals surface area contributed by atoms with Crippen LogP contribution in [0.25, 0.3) is 11.6 Å². The van der Waals surface area contributed by atoms with Crippen LogP contribution < -0.4 is 10.5 Å². The zero-order chi connectivity index (χ0) is 25.2. The smallest absolute Gasteiger partial charge is 0.416 e. The van der Waals surface area contributed by atoms with E-state index >= 15 is 0 Å². The lowest BCUT2D eigenvalue weighted by atomic mass is 10.1. The van der Waals surface area contributed by atoms with Crippen molar-refractivity contribution in [2.24, 2.45) is 0 Å². The van der Waals surface area contributed by atoms with Crippen molar-refractivity contribution in [3.8, 4) is 17.3 Å². The molecule has 4 rings (SSSR count). The van der Waals surface area contributed by atoms with Crippen molar-refractivity contribution < 1.29 is 35.5 Å². The molecule has 0 saturated heterocycles. The molecule has 0 bridgehead atoms. The number of halogens is 3. The van der Waals surface area contributed by atoms with Crippen molar-refractivity contribution in [2.75, 3.05) is 12.8 Å². The van der Waals surface area contributed by atoms with Gasteiger partial charge in [-0.3, -0.25) is 0 Å². The molecular formula is C22H17F3N4O5S. The number of anilines is 1. The van der Waals surface area contributed by atoms with Gasteiger partial charge in [-0.1, -0.05) is 30.3 Å². The number of alkyl halides is 3. The number of hydrogen-bond acceptors (Lipinski definition) is 9. The Morgan fingerprint density at radius 3 is 2.29 bits per heavy atom. The summed E-state index contributed by atoms with van der Waals surface area (Å²) in [5.41, 5.74) is 6.79. The lowest BCUT2D eigenvalue weighted by Gasteiger charge is -2.11. The van der Waals surface area contributed by atoms with E-state index < -0.39 is 28.1 Å². The molecule has 0 aliphatic heterocycles. The number of benzene rings is 2. The van der Waals surface area contributed by atoms with Gasteiger partial charge in [0.05, 0.1) is 15.5 Å². The van der Waals surface area contributed by atoms with Crippen LogP contribution in [0.15, 0.2) is 81.1 Å². The average molecular weight is 506 g/mol. The van der Waals surface area contributed by atoms with E-state index in [4.69, 9.17) is 14.9 Å². The van der Waals surface area contributed by atoms with Crippen molar-refractivity contribution >= 4 is 15.5 Å². The number of hydrogen-bond donors (Lipinski definition) is 1. The number of methoxy groups -OCH3 is 1. The Kier molecular flexibility index (Phi) is 6.45. The van der Waals surface area contributed by atoms with Gasteiger partial charge in [0.1, 0.15) is 5.75 Å². The number of aromatic nitrogens is 3. The summed E-state index contributed by atoms with van der Waals surface area (Å²) in [4.78, 5) is 3.52. The minimum atomic E-state index is -4.90. The molecule has 0 amide bonds. The summed E-state index contributed by atoms with van der Waals surface area (Å²) >= 11 is 0. The Labute approximate surface area is 197 Å². The number of nitrogen functional groups attached to an aromatic ring is 1. The highest BCUT2D eigenvalue weighted by molar-refractivity contribution is 7.91. The first-order valence-electron chi connectivity index (χ1n) is 9.86. The Morgan fingerprint density at radius 2 is 1.69 bits per heavy atom. The van der Waals surface area contributed by atoms with Gasteiger partial charge >= 0.3 is 6.36 Å². The van der Waals surface area contributed by atoms with Crippen LogP contribution in [0.4, 0.5) is 18.9 Å². The highest BCUT2D eigenvalue weighted by atomic mass is 32.2.